The molecule has 0 radical (unpaired) electrons. The Labute approximate surface area is 97.7 Å². The second-order valence-corrected chi connectivity index (χ2v) is 4.60. The van der Waals surface area contributed by atoms with Gasteiger partial charge in [0.2, 0.25) is 0 Å². The van der Waals surface area contributed by atoms with E-state index in [9.17, 15) is 0 Å². The van der Waals surface area contributed by atoms with Crippen molar-refractivity contribution in [1.29, 1.82) is 0 Å². The normalized spacial score (nSPS) is 22.9. The van der Waals surface area contributed by atoms with Gasteiger partial charge in [-0.3, -0.25) is 4.98 Å². The number of rotatable bonds is 4. The zero-order valence-electron chi connectivity index (χ0n) is 9.95. The molecule has 1 aromatic heterocycles. The van der Waals surface area contributed by atoms with Gasteiger partial charge in [-0.1, -0.05) is 6.07 Å². The highest BCUT2D eigenvalue weighted by Crippen LogP contribution is 2.12. The Morgan fingerprint density at radius 2 is 2.50 bits per heavy atom. The molecule has 2 heterocycles. The lowest BCUT2D eigenvalue weighted by Gasteiger charge is -2.24. The smallest absolute Gasteiger partial charge is 0.0570 e. The van der Waals surface area contributed by atoms with Gasteiger partial charge in [-0.2, -0.15) is 0 Å². The Morgan fingerprint density at radius 1 is 1.56 bits per heavy atom. The maximum Gasteiger partial charge on any atom is 0.0570 e. The van der Waals surface area contributed by atoms with Crippen molar-refractivity contribution in [3.8, 4) is 0 Å². The SMILES string of the molecule is C[C@@H](NC[C@H]1CCCNC1)c1ccccn1. The molecule has 0 aliphatic carbocycles. The summed E-state index contributed by atoms with van der Waals surface area (Å²) in [5.74, 6) is 0.778. The van der Waals surface area contributed by atoms with Crippen LogP contribution in [0.5, 0.6) is 0 Å². The molecule has 0 bridgehead atoms. The Hall–Kier alpha value is -0.930. The van der Waals surface area contributed by atoms with E-state index < -0.39 is 0 Å². The first-order valence-electron chi connectivity index (χ1n) is 6.21. The molecule has 2 atom stereocenters. The van der Waals surface area contributed by atoms with E-state index in [-0.39, 0.29) is 0 Å². The summed E-state index contributed by atoms with van der Waals surface area (Å²) in [6, 6.07) is 6.43. The Balaban J connectivity index is 1.77. The monoisotopic (exact) mass is 219 g/mol. The number of aromatic nitrogens is 1. The summed E-state index contributed by atoms with van der Waals surface area (Å²) in [5, 5.41) is 7.01. The summed E-state index contributed by atoms with van der Waals surface area (Å²) in [6.45, 7) is 5.61. The molecule has 88 valence electrons. The van der Waals surface area contributed by atoms with Crippen molar-refractivity contribution < 1.29 is 0 Å². The van der Waals surface area contributed by atoms with Crippen molar-refractivity contribution in [2.75, 3.05) is 19.6 Å². The molecule has 3 nitrogen and oxygen atoms in total. The zero-order chi connectivity index (χ0) is 11.2. The van der Waals surface area contributed by atoms with Gasteiger partial charge in [0.1, 0.15) is 0 Å². The maximum absolute atomic E-state index is 4.36. The highest BCUT2D eigenvalue weighted by molar-refractivity contribution is 5.07. The molecule has 0 aromatic carbocycles. The largest absolute Gasteiger partial charge is 0.316 e. The molecule has 2 N–H and O–H groups in total. The van der Waals surface area contributed by atoms with Gasteiger partial charge >= 0.3 is 0 Å². The molecular weight excluding hydrogens is 198 g/mol. The van der Waals surface area contributed by atoms with Crippen LogP contribution >= 0.6 is 0 Å². The number of hydrogen-bond acceptors (Lipinski definition) is 3. The minimum Gasteiger partial charge on any atom is -0.316 e. The summed E-state index contributed by atoms with van der Waals surface area (Å²) in [4.78, 5) is 4.36. The van der Waals surface area contributed by atoms with Gasteiger partial charge < -0.3 is 10.6 Å². The molecule has 1 aliphatic rings. The number of nitrogens with one attached hydrogen (secondary N) is 2. The predicted molar refractivity (Wildman–Crippen MR) is 66.2 cm³/mol. The lowest BCUT2D eigenvalue weighted by Crippen LogP contribution is -2.36. The first-order chi connectivity index (χ1) is 7.86. The van der Waals surface area contributed by atoms with Crippen LogP contribution in [0.1, 0.15) is 31.5 Å². The molecule has 1 aliphatic heterocycles. The zero-order valence-corrected chi connectivity index (χ0v) is 9.95. The fourth-order valence-electron chi connectivity index (χ4n) is 2.18. The average molecular weight is 219 g/mol. The lowest BCUT2D eigenvalue weighted by molar-refractivity contribution is 0.347. The third-order valence-electron chi connectivity index (χ3n) is 3.24. The molecule has 1 fully saturated rings. The maximum atomic E-state index is 4.36. The van der Waals surface area contributed by atoms with Gasteiger partial charge in [0.15, 0.2) is 0 Å². The summed E-state index contributed by atoms with van der Waals surface area (Å²) in [5.41, 5.74) is 1.13. The number of pyridine rings is 1. The van der Waals surface area contributed by atoms with E-state index in [1.807, 2.05) is 18.3 Å². The third kappa shape index (κ3) is 3.29. The van der Waals surface area contributed by atoms with Gasteiger partial charge in [0, 0.05) is 12.2 Å². The Bertz CT molecular complexity index is 293. The van der Waals surface area contributed by atoms with Crippen molar-refractivity contribution >= 4 is 0 Å². The molecule has 0 amide bonds. The Morgan fingerprint density at radius 3 is 3.19 bits per heavy atom. The predicted octanol–water partition coefficient (Wildman–Crippen LogP) is 1.73. The molecule has 0 saturated carbocycles. The van der Waals surface area contributed by atoms with E-state index in [0.717, 1.165) is 24.7 Å². The van der Waals surface area contributed by atoms with E-state index in [1.54, 1.807) is 0 Å². The van der Waals surface area contributed by atoms with Crippen LogP contribution in [0.4, 0.5) is 0 Å². The Kier molecular flexibility index (Phi) is 4.31. The second kappa shape index (κ2) is 5.97. The first kappa shape index (κ1) is 11.6. The number of piperidine rings is 1. The van der Waals surface area contributed by atoms with Crippen molar-refractivity contribution in [3.05, 3.63) is 30.1 Å². The second-order valence-electron chi connectivity index (χ2n) is 4.60. The number of nitrogens with zero attached hydrogens (tertiary/aromatic N) is 1. The van der Waals surface area contributed by atoms with Gasteiger partial charge in [-0.05, 0) is 57.5 Å². The van der Waals surface area contributed by atoms with Gasteiger partial charge in [0.05, 0.1) is 5.69 Å². The molecular formula is C13H21N3. The van der Waals surface area contributed by atoms with Crippen LogP contribution in [-0.4, -0.2) is 24.6 Å². The van der Waals surface area contributed by atoms with E-state index in [0.29, 0.717) is 6.04 Å². The molecule has 16 heavy (non-hydrogen) atoms. The quantitative estimate of drug-likeness (QED) is 0.810. The highest BCUT2D eigenvalue weighted by Gasteiger charge is 2.14. The topological polar surface area (TPSA) is 37.0 Å². The van der Waals surface area contributed by atoms with Crippen LogP contribution < -0.4 is 10.6 Å². The van der Waals surface area contributed by atoms with Crippen LogP contribution in [0.15, 0.2) is 24.4 Å². The van der Waals surface area contributed by atoms with Crippen molar-refractivity contribution in [1.82, 2.24) is 15.6 Å². The van der Waals surface area contributed by atoms with Crippen LogP contribution in [0.2, 0.25) is 0 Å². The molecule has 1 aromatic rings. The van der Waals surface area contributed by atoms with Crippen molar-refractivity contribution in [3.63, 3.8) is 0 Å². The summed E-state index contributed by atoms with van der Waals surface area (Å²) in [7, 11) is 0. The van der Waals surface area contributed by atoms with Crippen LogP contribution in [-0.2, 0) is 0 Å². The fourth-order valence-corrected chi connectivity index (χ4v) is 2.18. The van der Waals surface area contributed by atoms with Gasteiger partial charge in [0.25, 0.3) is 0 Å². The fraction of sp³-hybridized carbons (Fsp3) is 0.615. The third-order valence-corrected chi connectivity index (χ3v) is 3.24. The summed E-state index contributed by atoms with van der Waals surface area (Å²) < 4.78 is 0. The van der Waals surface area contributed by atoms with E-state index >= 15 is 0 Å². The molecule has 3 heteroatoms. The average Bonchev–Trinajstić information content (AvgIpc) is 2.38. The minimum absolute atomic E-state index is 0.350. The van der Waals surface area contributed by atoms with Gasteiger partial charge in [-0.25, -0.2) is 0 Å². The van der Waals surface area contributed by atoms with Crippen LogP contribution in [0.25, 0.3) is 0 Å². The lowest BCUT2D eigenvalue weighted by atomic mass is 9.99. The summed E-state index contributed by atoms with van der Waals surface area (Å²) in [6.07, 6.45) is 4.51. The van der Waals surface area contributed by atoms with E-state index in [2.05, 4.69) is 28.6 Å². The molecule has 1 saturated heterocycles. The van der Waals surface area contributed by atoms with Crippen LogP contribution in [0.3, 0.4) is 0 Å². The molecule has 0 unspecified atom stereocenters. The minimum atomic E-state index is 0.350. The van der Waals surface area contributed by atoms with Gasteiger partial charge in [-0.15, -0.1) is 0 Å². The summed E-state index contributed by atoms with van der Waals surface area (Å²) >= 11 is 0. The first-order valence-corrected chi connectivity index (χ1v) is 6.21. The van der Waals surface area contributed by atoms with Crippen molar-refractivity contribution in [2.24, 2.45) is 5.92 Å². The molecule has 0 spiro atoms. The van der Waals surface area contributed by atoms with E-state index in [4.69, 9.17) is 0 Å². The standard InChI is InChI=1S/C13H21N3/c1-11(13-6-2-3-8-15-13)16-10-12-5-4-7-14-9-12/h2-3,6,8,11-12,14,16H,4-5,7,9-10H2,1H3/t11-,12+/m1/s1. The molecule has 2 rings (SSSR count). The van der Waals surface area contributed by atoms with E-state index in [1.165, 1.54) is 19.4 Å². The number of hydrogen-bond donors (Lipinski definition) is 2. The van der Waals surface area contributed by atoms with Crippen molar-refractivity contribution in [2.45, 2.75) is 25.8 Å². The van der Waals surface area contributed by atoms with Crippen LogP contribution in [0, 0.1) is 5.92 Å². The highest BCUT2D eigenvalue weighted by atomic mass is 15.0.